The van der Waals surface area contributed by atoms with Gasteiger partial charge in [0.15, 0.2) is 0 Å². The molecule has 1 aliphatic heterocycles. The summed E-state index contributed by atoms with van der Waals surface area (Å²) >= 11 is 0. The molecule has 0 bridgehead atoms. The van der Waals surface area contributed by atoms with Gasteiger partial charge in [0.1, 0.15) is 0 Å². The van der Waals surface area contributed by atoms with Crippen molar-refractivity contribution in [3.63, 3.8) is 0 Å². The van der Waals surface area contributed by atoms with E-state index in [9.17, 15) is 9.59 Å². The number of nitrogens with two attached hydrogens (primary N) is 1. The molecule has 1 saturated carbocycles. The van der Waals surface area contributed by atoms with E-state index in [0.29, 0.717) is 0 Å². The molecule has 1 aliphatic carbocycles. The highest BCUT2D eigenvalue weighted by Crippen LogP contribution is 2.32. The third-order valence-corrected chi connectivity index (χ3v) is 5.27. The summed E-state index contributed by atoms with van der Waals surface area (Å²) in [5, 5.41) is 3.06. The van der Waals surface area contributed by atoms with Crippen molar-refractivity contribution in [2.75, 3.05) is 13.1 Å². The molecule has 1 heterocycles. The summed E-state index contributed by atoms with van der Waals surface area (Å²) in [5.74, 6) is -0.0324. The third-order valence-electron chi connectivity index (χ3n) is 5.27. The van der Waals surface area contributed by atoms with Gasteiger partial charge in [0.2, 0.25) is 11.8 Å². The van der Waals surface area contributed by atoms with Crippen molar-refractivity contribution < 1.29 is 9.59 Å². The molecule has 126 valence electrons. The van der Waals surface area contributed by atoms with Crippen molar-refractivity contribution in [2.24, 2.45) is 17.6 Å². The van der Waals surface area contributed by atoms with E-state index in [0.717, 1.165) is 58.0 Å². The second-order valence-electron chi connectivity index (χ2n) is 6.98. The molecule has 0 spiro atoms. The van der Waals surface area contributed by atoms with E-state index in [4.69, 9.17) is 5.73 Å². The van der Waals surface area contributed by atoms with E-state index in [1.165, 1.54) is 0 Å². The fourth-order valence-corrected chi connectivity index (χ4v) is 3.55. The Labute approximate surface area is 134 Å². The summed E-state index contributed by atoms with van der Waals surface area (Å²) in [5.41, 5.74) is 5.92. The van der Waals surface area contributed by atoms with Crippen LogP contribution >= 0.6 is 0 Å². The minimum Gasteiger partial charge on any atom is -0.353 e. The molecule has 0 aromatic rings. The van der Waals surface area contributed by atoms with Crippen LogP contribution < -0.4 is 11.1 Å². The molecule has 5 heteroatoms. The highest BCUT2D eigenvalue weighted by Gasteiger charge is 2.38. The molecule has 0 aromatic heterocycles. The van der Waals surface area contributed by atoms with Crippen LogP contribution in [0.1, 0.15) is 58.8 Å². The highest BCUT2D eigenvalue weighted by atomic mass is 16.2. The van der Waals surface area contributed by atoms with Gasteiger partial charge in [-0.2, -0.15) is 0 Å². The Bertz CT molecular complexity index is 391. The van der Waals surface area contributed by atoms with Crippen LogP contribution in [-0.4, -0.2) is 41.9 Å². The number of hydrogen-bond donors (Lipinski definition) is 2. The quantitative estimate of drug-likeness (QED) is 0.829. The zero-order chi connectivity index (χ0) is 16.1. The molecular formula is C17H31N3O2. The van der Waals surface area contributed by atoms with E-state index in [1.807, 2.05) is 11.8 Å². The first-order valence-electron chi connectivity index (χ1n) is 8.87. The van der Waals surface area contributed by atoms with Gasteiger partial charge in [-0.1, -0.05) is 19.8 Å². The first kappa shape index (κ1) is 17.3. The van der Waals surface area contributed by atoms with Gasteiger partial charge >= 0.3 is 0 Å². The maximum Gasteiger partial charge on any atom is 0.226 e. The number of hydrogen-bond acceptors (Lipinski definition) is 3. The molecule has 2 aliphatic rings. The average Bonchev–Trinajstić information content (AvgIpc) is 2.54. The van der Waals surface area contributed by atoms with Crippen molar-refractivity contribution in [2.45, 2.75) is 70.9 Å². The third kappa shape index (κ3) is 4.22. The largest absolute Gasteiger partial charge is 0.353 e. The first-order valence-corrected chi connectivity index (χ1v) is 8.87. The van der Waals surface area contributed by atoms with Crippen LogP contribution in [0.4, 0.5) is 0 Å². The highest BCUT2D eigenvalue weighted by molar-refractivity contribution is 5.88. The predicted molar refractivity (Wildman–Crippen MR) is 87.1 cm³/mol. The van der Waals surface area contributed by atoms with Crippen LogP contribution in [0.25, 0.3) is 0 Å². The van der Waals surface area contributed by atoms with E-state index in [2.05, 4.69) is 12.2 Å². The first-order chi connectivity index (χ1) is 10.5. The number of nitrogens with zero attached hydrogens (tertiary/aromatic N) is 1. The Balaban J connectivity index is 1.99. The van der Waals surface area contributed by atoms with E-state index in [-0.39, 0.29) is 35.7 Å². The number of piperidine rings is 1. The lowest BCUT2D eigenvalue weighted by Crippen LogP contribution is -2.50. The number of nitrogens with one attached hydrogen (secondary N) is 1. The Morgan fingerprint density at radius 3 is 2.32 bits per heavy atom. The fraction of sp³-hybridized carbons (Fsp3) is 0.882. The van der Waals surface area contributed by atoms with E-state index < -0.39 is 0 Å². The molecule has 22 heavy (non-hydrogen) atoms. The van der Waals surface area contributed by atoms with Crippen LogP contribution in [-0.2, 0) is 9.59 Å². The Kier molecular flexibility index (Phi) is 6.24. The molecule has 2 amide bonds. The van der Waals surface area contributed by atoms with Gasteiger partial charge in [0.05, 0.1) is 0 Å². The molecule has 1 saturated heterocycles. The summed E-state index contributed by atoms with van der Waals surface area (Å²) in [6, 6.07) is 0.401. The summed E-state index contributed by atoms with van der Waals surface area (Å²) in [4.78, 5) is 27.3. The molecule has 3 unspecified atom stereocenters. The number of carbonyl (C=O) groups excluding carboxylic acids is 2. The number of likely N-dealkylation sites (tertiary alicyclic amines) is 1. The van der Waals surface area contributed by atoms with Crippen LogP contribution in [0, 0.1) is 11.8 Å². The zero-order valence-electron chi connectivity index (χ0n) is 14.0. The number of carbonyl (C=O) groups is 2. The van der Waals surface area contributed by atoms with Crippen molar-refractivity contribution in [1.29, 1.82) is 0 Å². The van der Waals surface area contributed by atoms with Gasteiger partial charge in [-0.05, 0) is 39.0 Å². The van der Waals surface area contributed by atoms with Gasteiger partial charge in [-0.25, -0.2) is 0 Å². The monoisotopic (exact) mass is 309 g/mol. The van der Waals surface area contributed by atoms with Gasteiger partial charge in [-0.15, -0.1) is 0 Å². The van der Waals surface area contributed by atoms with Crippen LogP contribution in [0.15, 0.2) is 0 Å². The second kappa shape index (κ2) is 7.95. The minimum absolute atomic E-state index is 0.0705. The molecule has 3 atom stereocenters. The fourth-order valence-electron chi connectivity index (χ4n) is 3.55. The summed E-state index contributed by atoms with van der Waals surface area (Å²) in [6.45, 7) is 5.57. The minimum atomic E-state index is -0.147. The van der Waals surface area contributed by atoms with E-state index in [1.54, 1.807) is 0 Å². The lowest BCUT2D eigenvalue weighted by Gasteiger charge is -2.37. The second-order valence-corrected chi connectivity index (χ2v) is 6.98. The zero-order valence-corrected chi connectivity index (χ0v) is 14.0. The van der Waals surface area contributed by atoms with Crippen LogP contribution in [0.2, 0.25) is 0 Å². The Morgan fingerprint density at radius 1 is 1.14 bits per heavy atom. The van der Waals surface area contributed by atoms with Gasteiger partial charge < -0.3 is 16.0 Å². The summed E-state index contributed by atoms with van der Waals surface area (Å²) in [7, 11) is 0. The summed E-state index contributed by atoms with van der Waals surface area (Å²) in [6.07, 6.45) is 6.46. The molecule has 3 N–H and O–H groups in total. The topological polar surface area (TPSA) is 75.4 Å². The summed E-state index contributed by atoms with van der Waals surface area (Å²) < 4.78 is 0. The van der Waals surface area contributed by atoms with Crippen LogP contribution in [0.3, 0.4) is 0 Å². The normalized spacial score (nSPS) is 28.2. The van der Waals surface area contributed by atoms with Gasteiger partial charge in [-0.3, -0.25) is 9.59 Å². The Morgan fingerprint density at radius 2 is 1.73 bits per heavy atom. The maximum absolute atomic E-state index is 12.8. The van der Waals surface area contributed by atoms with Crippen molar-refractivity contribution in [3.05, 3.63) is 0 Å². The molecule has 5 nitrogen and oxygen atoms in total. The standard InChI is InChI=1S/C17H31N3O2/c1-3-12(2)19-16(21)14-6-4-5-7-15(14)17(22)20-10-8-13(18)9-11-20/h12-15H,3-11,18H2,1-2H3,(H,19,21). The number of rotatable bonds is 4. The molecule has 2 rings (SSSR count). The van der Waals surface area contributed by atoms with Gasteiger partial charge in [0, 0.05) is 37.0 Å². The van der Waals surface area contributed by atoms with Crippen molar-refractivity contribution in [3.8, 4) is 0 Å². The lowest BCUT2D eigenvalue weighted by molar-refractivity contribution is -0.144. The smallest absolute Gasteiger partial charge is 0.226 e. The molecule has 2 fully saturated rings. The molecule has 0 aromatic carbocycles. The predicted octanol–water partition coefficient (Wildman–Crippen LogP) is 1.66. The molecular weight excluding hydrogens is 278 g/mol. The van der Waals surface area contributed by atoms with E-state index >= 15 is 0 Å². The maximum atomic E-state index is 12.8. The number of amides is 2. The Hall–Kier alpha value is -1.10. The van der Waals surface area contributed by atoms with Crippen molar-refractivity contribution >= 4 is 11.8 Å². The average molecular weight is 309 g/mol. The lowest BCUT2D eigenvalue weighted by atomic mass is 9.77. The van der Waals surface area contributed by atoms with Crippen molar-refractivity contribution in [1.82, 2.24) is 10.2 Å². The SMILES string of the molecule is CCC(C)NC(=O)C1CCCCC1C(=O)N1CCC(N)CC1. The van der Waals surface area contributed by atoms with Crippen LogP contribution in [0.5, 0.6) is 0 Å². The van der Waals surface area contributed by atoms with Gasteiger partial charge in [0.25, 0.3) is 0 Å². The molecule has 0 radical (unpaired) electrons.